The van der Waals surface area contributed by atoms with Gasteiger partial charge in [-0.3, -0.25) is 4.79 Å². The molecular weight excluding hydrogens is 328 g/mol. The molecule has 2 aromatic carbocycles. The number of rotatable bonds is 3. The molecule has 1 aromatic heterocycles. The number of carbonyl (C=O) groups is 1. The maximum atomic E-state index is 12.2. The second kappa shape index (κ2) is 7.58. The van der Waals surface area contributed by atoms with Crippen molar-refractivity contribution in [3.05, 3.63) is 76.1 Å². The monoisotopic (exact) mass is 346 g/mol. The Bertz CT molecular complexity index is 1050. The first-order chi connectivity index (χ1) is 12.5. The van der Waals surface area contributed by atoms with Crippen LogP contribution in [0.3, 0.4) is 0 Å². The van der Waals surface area contributed by atoms with Gasteiger partial charge in [0.15, 0.2) is 0 Å². The standard InChI is InChI=1S/C21H18N2O3/c1-23(2)17-11-9-15(10-12-17)6-5-13-22-20(24)18-14-16-7-3-4-8-19(16)26-21(18)25/h3-4,7-12,14H,13H2,1-2H3,(H,22,24). The van der Waals surface area contributed by atoms with E-state index in [2.05, 4.69) is 17.2 Å². The fourth-order valence-corrected chi connectivity index (χ4v) is 2.43. The lowest BCUT2D eigenvalue weighted by atomic mass is 10.2. The van der Waals surface area contributed by atoms with Gasteiger partial charge in [0.25, 0.3) is 5.91 Å². The predicted molar refractivity (Wildman–Crippen MR) is 102 cm³/mol. The first-order valence-corrected chi connectivity index (χ1v) is 8.12. The van der Waals surface area contributed by atoms with Crippen LogP contribution in [0.25, 0.3) is 11.0 Å². The molecule has 0 saturated heterocycles. The van der Waals surface area contributed by atoms with Crippen LogP contribution < -0.4 is 15.8 Å². The third-order valence-electron chi connectivity index (χ3n) is 3.84. The summed E-state index contributed by atoms with van der Waals surface area (Å²) in [4.78, 5) is 26.2. The average molecular weight is 346 g/mol. The molecule has 0 radical (unpaired) electrons. The molecule has 3 aromatic rings. The third-order valence-corrected chi connectivity index (χ3v) is 3.84. The van der Waals surface area contributed by atoms with Gasteiger partial charge in [0.2, 0.25) is 0 Å². The highest BCUT2D eigenvalue weighted by molar-refractivity contribution is 5.96. The van der Waals surface area contributed by atoms with Crippen LogP contribution in [0.15, 0.2) is 63.8 Å². The van der Waals surface area contributed by atoms with E-state index in [-0.39, 0.29) is 12.1 Å². The lowest BCUT2D eigenvalue weighted by molar-refractivity contribution is 0.0955. The number of amides is 1. The molecule has 130 valence electrons. The van der Waals surface area contributed by atoms with Gasteiger partial charge in [0.1, 0.15) is 11.1 Å². The summed E-state index contributed by atoms with van der Waals surface area (Å²) >= 11 is 0. The zero-order valence-corrected chi connectivity index (χ0v) is 14.6. The Kier molecular flexibility index (Phi) is 5.04. The van der Waals surface area contributed by atoms with E-state index >= 15 is 0 Å². The number of para-hydroxylation sites is 1. The zero-order chi connectivity index (χ0) is 18.5. The maximum Gasteiger partial charge on any atom is 0.349 e. The molecule has 0 spiro atoms. The highest BCUT2D eigenvalue weighted by Crippen LogP contribution is 2.12. The van der Waals surface area contributed by atoms with Crippen molar-refractivity contribution in [3.8, 4) is 11.8 Å². The normalized spacial score (nSPS) is 10.1. The van der Waals surface area contributed by atoms with Crippen LogP contribution in [0.4, 0.5) is 5.69 Å². The molecule has 0 unspecified atom stereocenters. The van der Waals surface area contributed by atoms with Crippen molar-refractivity contribution in [1.29, 1.82) is 0 Å². The number of nitrogens with zero attached hydrogens (tertiary/aromatic N) is 1. The van der Waals surface area contributed by atoms with E-state index in [0.717, 1.165) is 11.3 Å². The second-order valence-electron chi connectivity index (χ2n) is 5.91. The van der Waals surface area contributed by atoms with Crippen molar-refractivity contribution in [1.82, 2.24) is 5.32 Å². The number of hydrogen-bond donors (Lipinski definition) is 1. The van der Waals surface area contributed by atoms with Crippen LogP contribution in [0.1, 0.15) is 15.9 Å². The van der Waals surface area contributed by atoms with Gasteiger partial charge in [-0.25, -0.2) is 4.79 Å². The van der Waals surface area contributed by atoms with E-state index < -0.39 is 11.5 Å². The van der Waals surface area contributed by atoms with E-state index in [1.165, 1.54) is 6.07 Å². The first kappa shape index (κ1) is 17.3. The minimum absolute atomic E-state index is 0.0270. The van der Waals surface area contributed by atoms with Gasteiger partial charge < -0.3 is 14.6 Å². The molecule has 5 nitrogen and oxygen atoms in total. The summed E-state index contributed by atoms with van der Waals surface area (Å²) in [6.07, 6.45) is 0. The summed E-state index contributed by atoms with van der Waals surface area (Å²) in [5.41, 5.74) is 1.71. The van der Waals surface area contributed by atoms with Gasteiger partial charge in [-0.15, -0.1) is 0 Å². The van der Waals surface area contributed by atoms with Gasteiger partial charge in [0.05, 0.1) is 6.54 Å². The summed E-state index contributed by atoms with van der Waals surface area (Å²) < 4.78 is 5.16. The lowest BCUT2D eigenvalue weighted by Crippen LogP contribution is -2.28. The number of carbonyl (C=O) groups excluding carboxylic acids is 1. The van der Waals surface area contributed by atoms with Gasteiger partial charge in [-0.1, -0.05) is 30.0 Å². The summed E-state index contributed by atoms with van der Waals surface area (Å²) in [5.74, 6) is 5.36. The Balaban J connectivity index is 1.66. The molecule has 26 heavy (non-hydrogen) atoms. The molecular formula is C21H18N2O3. The van der Waals surface area contributed by atoms with Gasteiger partial charge >= 0.3 is 5.63 Å². The molecule has 0 atom stereocenters. The second-order valence-corrected chi connectivity index (χ2v) is 5.91. The molecule has 0 fully saturated rings. The minimum atomic E-state index is -0.659. The maximum absolute atomic E-state index is 12.2. The number of anilines is 1. The van der Waals surface area contributed by atoms with Crippen molar-refractivity contribution in [2.45, 2.75) is 0 Å². The van der Waals surface area contributed by atoms with E-state index in [9.17, 15) is 9.59 Å². The highest BCUT2D eigenvalue weighted by atomic mass is 16.4. The van der Waals surface area contributed by atoms with Crippen LogP contribution in [0.2, 0.25) is 0 Å². The number of fused-ring (bicyclic) bond motifs is 1. The fraction of sp³-hybridized carbons (Fsp3) is 0.143. The molecule has 0 aliphatic heterocycles. The van der Waals surface area contributed by atoms with Crippen molar-refractivity contribution in [2.75, 3.05) is 25.5 Å². The first-order valence-electron chi connectivity index (χ1n) is 8.12. The Labute approximate surface area is 151 Å². The Morgan fingerprint density at radius 1 is 1.12 bits per heavy atom. The van der Waals surface area contributed by atoms with E-state index in [1.54, 1.807) is 18.2 Å². The van der Waals surface area contributed by atoms with Crippen LogP contribution >= 0.6 is 0 Å². The van der Waals surface area contributed by atoms with E-state index in [0.29, 0.717) is 11.0 Å². The van der Waals surface area contributed by atoms with E-state index in [4.69, 9.17) is 4.42 Å². The average Bonchev–Trinajstić information content (AvgIpc) is 2.64. The Morgan fingerprint density at radius 3 is 2.58 bits per heavy atom. The molecule has 3 rings (SSSR count). The molecule has 5 heteroatoms. The number of hydrogen-bond acceptors (Lipinski definition) is 4. The summed E-state index contributed by atoms with van der Waals surface area (Å²) in [7, 11) is 3.94. The van der Waals surface area contributed by atoms with Crippen molar-refractivity contribution >= 4 is 22.6 Å². The largest absolute Gasteiger partial charge is 0.422 e. The molecule has 0 aliphatic carbocycles. The van der Waals surface area contributed by atoms with Gasteiger partial charge in [0, 0.05) is 30.7 Å². The molecule has 0 aliphatic rings. The minimum Gasteiger partial charge on any atom is -0.422 e. The molecule has 1 N–H and O–H groups in total. The predicted octanol–water partition coefficient (Wildman–Crippen LogP) is 2.64. The fourth-order valence-electron chi connectivity index (χ4n) is 2.43. The van der Waals surface area contributed by atoms with Gasteiger partial charge in [-0.05, 0) is 36.4 Å². The van der Waals surface area contributed by atoms with Crippen LogP contribution in [-0.2, 0) is 0 Å². The Morgan fingerprint density at radius 2 is 1.85 bits per heavy atom. The van der Waals surface area contributed by atoms with Crippen LogP contribution in [-0.4, -0.2) is 26.5 Å². The molecule has 0 saturated carbocycles. The Hall–Kier alpha value is -3.52. The third kappa shape index (κ3) is 3.93. The van der Waals surface area contributed by atoms with Gasteiger partial charge in [-0.2, -0.15) is 0 Å². The molecule has 1 amide bonds. The number of benzene rings is 2. The lowest BCUT2D eigenvalue weighted by Gasteiger charge is -2.11. The smallest absolute Gasteiger partial charge is 0.349 e. The van der Waals surface area contributed by atoms with E-state index in [1.807, 2.05) is 49.3 Å². The van der Waals surface area contributed by atoms with Crippen molar-refractivity contribution in [2.24, 2.45) is 0 Å². The SMILES string of the molecule is CN(C)c1ccc(C#CCNC(=O)c2cc3ccccc3oc2=O)cc1. The van der Waals surface area contributed by atoms with Crippen LogP contribution in [0.5, 0.6) is 0 Å². The molecule has 1 heterocycles. The molecule has 0 bridgehead atoms. The number of nitrogens with one attached hydrogen (secondary N) is 1. The van der Waals surface area contributed by atoms with Crippen molar-refractivity contribution < 1.29 is 9.21 Å². The topological polar surface area (TPSA) is 62.6 Å². The quantitative estimate of drug-likeness (QED) is 0.585. The summed E-state index contributed by atoms with van der Waals surface area (Å²) in [6, 6.07) is 16.4. The highest BCUT2D eigenvalue weighted by Gasteiger charge is 2.12. The zero-order valence-electron chi connectivity index (χ0n) is 14.6. The summed E-state index contributed by atoms with van der Waals surface area (Å²) in [6.45, 7) is 0.139. The van der Waals surface area contributed by atoms with Crippen molar-refractivity contribution in [3.63, 3.8) is 0 Å². The summed E-state index contributed by atoms with van der Waals surface area (Å²) in [5, 5.41) is 3.32. The van der Waals surface area contributed by atoms with Crippen LogP contribution in [0, 0.1) is 11.8 Å².